The van der Waals surface area contributed by atoms with Crippen LogP contribution in [0.5, 0.6) is 5.88 Å². The summed E-state index contributed by atoms with van der Waals surface area (Å²) in [5.41, 5.74) is 0.767. The maximum Gasteiger partial charge on any atom is 0.221 e. The first-order valence-electron chi connectivity index (χ1n) is 6.57. The second-order valence-electron chi connectivity index (χ2n) is 4.74. The van der Waals surface area contributed by atoms with Crippen molar-refractivity contribution in [2.45, 2.75) is 32.2 Å². The van der Waals surface area contributed by atoms with E-state index in [1.54, 1.807) is 0 Å². The molecule has 1 aliphatic rings. The Morgan fingerprint density at radius 3 is 2.79 bits per heavy atom. The van der Waals surface area contributed by atoms with Crippen molar-refractivity contribution in [3.05, 3.63) is 11.9 Å². The fourth-order valence-electron chi connectivity index (χ4n) is 2.15. The molecule has 0 spiro atoms. The van der Waals surface area contributed by atoms with Gasteiger partial charge >= 0.3 is 0 Å². The van der Waals surface area contributed by atoms with Crippen molar-refractivity contribution in [2.75, 3.05) is 31.0 Å². The minimum Gasteiger partial charge on any atom is -0.478 e. The van der Waals surface area contributed by atoms with Crippen LogP contribution in [-0.4, -0.2) is 41.2 Å². The molecule has 19 heavy (non-hydrogen) atoms. The van der Waals surface area contributed by atoms with Crippen LogP contribution in [0.15, 0.2) is 6.33 Å². The maximum atomic E-state index is 6.15. The Labute approximate surface area is 118 Å². The summed E-state index contributed by atoms with van der Waals surface area (Å²) in [5, 5.41) is 3.47. The van der Waals surface area contributed by atoms with Crippen LogP contribution in [0.2, 0.25) is 0 Å². The van der Waals surface area contributed by atoms with Gasteiger partial charge in [-0.15, -0.1) is 11.6 Å². The fraction of sp³-hybridized carbons (Fsp3) is 0.692. The summed E-state index contributed by atoms with van der Waals surface area (Å²) in [5.74, 6) is 1.95. The highest BCUT2D eigenvalue weighted by molar-refractivity contribution is 6.18. The number of ether oxygens (including phenoxy) is 2. The zero-order chi connectivity index (χ0) is 13.7. The van der Waals surface area contributed by atoms with Crippen LogP contribution in [0.4, 0.5) is 5.82 Å². The molecule has 1 N–H and O–H groups in total. The summed E-state index contributed by atoms with van der Waals surface area (Å²) in [4.78, 5) is 8.45. The topological polar surface area (TPSA) is 56.3 Å². The van der Waals surface area contributed by atoms with Crippen molar-refractivity contribution >= 4 is 17.4 Å². The normalized spacial score (nSPS) is 18.1. The van der Waals surface area contributed by atoms with Crippen LogP contribution in [0.1, 0.15) is 25.3 Å². The number of halogens is 1. The Morgan fingerprint density at radius 1 is 1.42 bits per heavy atom. The predicted octanol–water partition coefficient (Wildman–Crippen LogP) is 2.38. The van der Waals surface area contributed by atoms with E-state index >= 15 is 0 Å². The van der Waals surface area contributed by atoms with Gasteiger partial charge in [-0.1, -0.05) is 0 Å². The van der Waals surface area contributed by atoms with E-state index < -0.39 is 0 Å². The Morgan fingerprint density at radius 2 is 2.16 bits per heavy atom. The van der Waals surface area contributed by atoms with Crippen LogP contribution in [0, 0.1) is 6.92 Å². The van der Waals surface area contributed by atoms with E-state index in [1.165, 1.54) is 6.33 Å². The average Bonchev–Trinajstić information content (AvgIpc) is 2.45. The number of alkyl halides is 1. The lowest BCUT2D eigenvalue weighted by atomic mass is 9.92. The molecule has 106 valence electrons. The first kappa shape index (κ1) is 14.3. The van der Waals surface area contributed by atoms with E-state index in [1.807, 2.05) is 13.8 Å². The monoisotopic (exact) mass is 285 g/mol. The molecular weight excluding hydrogens is 266 g/mol. The maximum absolute atomic E-state index is 6.15. The molecule has 0 radical (unpaired) electrons. The predicted molar refractivity (Wildman–Crippen MR) is 75.1 cm³/mol. The van der Waals surface area contributed by atoms with Crippen LogP contribution >= 0.6 is 11.6 Å². The smallest absolute Gasteiger partial charge is 0.221 e. The minimum absolute atomic E-state index is 0.150. The molecule has 6 heteroatoms. The summed E-state index contributed by atoms with van der Waals surface area (Å²) >= 11 is 6.15. The molecule has 0 aromatic carbocycles. The molecule has 1 aromatic rings. The quantitative estimate of drug-likeness (QED) is 0.842. The van der Waals surface area contributed by atoms with Gasteiger partial charge < -0.3 is 14.8 Å². The minimum atomic E-state index is -0.150. The van der Waals surface area contributed by atoms with E-state index in [4.69, 9.17) is 21.1 Å². The van der Waals surface area contributed by atoms with Crippen molar-refractivity contribution < 1.29 is 9.47 Å². The van der Waals surface area contributed by atoms with Crippen LogP contribution in [-0.2, 0) is 4.74 Å². The molecule has 0 saturated carbocycles. The van der Waals surface area contributed by atoms with Crippen LogP contribution < -0.4 is 10.1 Å². The summed E-state index contributed by atoms with van der Waals surface area (Å²) in [6.45, 7) is 5.93. The molecule has 0 atom stereocenters. The summed E-state index contributed by atoms with van der Waals surface area (Å²) in [7, 11) is 0. The van der Waals surface area contributed by atoms with Gasteiger partial charge in [-0.25, -0.2) is 9.97 Å². The van der Waals surface area contributed by atoms with E-state index in [9.17, 15) is 0 Å². The number of anilines is 1. The van der Waals surface area contributed by atoms with Gasteiger partial charge in [-0.05, 0) is 26.7 Å². The van der Waals surface area contributed by atoms with Crippen molar-refractivity contribution in [3.63, 3.8) is 0 Å². The second kappa shape index (κ2) is 6.39. The summed E-state index contributed by atoms with van der Waals surface area (Å²) in [6.07, 6.45) is 3.27. The molecule has 2 rings (SSSR count). The van der Waals surface area contributed by atoms with Gasteiger partial charge in [-0.3, -0.25) is 0 Å². The van der Waals surface area contributed by atoms with Gasteiger partial charge in [0.05, 0.1) is 17.7 Å². The highest BCUT2D eigenvalue weighted by Crippen LogP contribution is 2.29. The number of hydrogen-bond donors (Lipinski definition) is 1. The third kappa shape index (κ3) is 3.28. The SMILES string of the molecule is CCOc1ncnc(NC2(CCl)CCOCC2)c1C. The molecule has 0 aliphatic carbocycles. The first-order chi connectivity index (χ1) is 9.21. The molecule has 0 bridgehead atoms. The van der Waals surface area contributed by atoms with E-state index in [0.29, 0.717) is 18.4 Å². The lowest BCUT2D eigenvalue weighted by Gasteiger charge is -2.37. The molecule has 0 unspecified atom stereocenters. The van der Waals surface area contributed by atoms with E-state index in [0.717, 1.165) is 37.4 Å². The number of rotatable bonds is 5. The number of nitrogens with zero attached hydrogens (tertiary/aromatic N) is 2. The zero-order valence-electron chi connectivity index (χ0n) is 11.4. The highest BCUT2D eigenvalue weighted by atomic mass is 35.5. The standard InChI is InChI=1S/C13H20ClN3O2/c1-3-19-12-10(2)11(15-9-16-12)17-13(8-14)4-6-18-7-5-13/h9H,3-8H2,1-2H3,(H,15,16,17). The third-order valence-corrected chi connectivity index (χ3v) is 3.92. The average molecular weight is 286 g/mol. The van der Waals surface area contributed by atoms with Crippen molar-refractivity contribution in [1.29, 1.82) is 0 Å². The molecule has 1 aromatic heterocycles. The van der Waals surface area contributed by atoms with Gasteiger partial charge in [0.1, 0.15) is 12.1 Å². The Bertz CT molecular complexity index is 422. The van der Waals surface area contributed by atoms with Crippen LogP contribution in [0.3, 0.4) is 0 Å². The van der Waals surface area contributed by atoms with Gasteiger partial charge in [0.15, 0.2) is 0 Å². The molecule has 0 amide bonds. The Balaban J connectivity index is 2.19. The molecule has 1 aliphatic heterocycles. The second-order valence-corrected chi connectivity index (χ2v) is 5.00. The van der Waals surface area contributed by atoms with Gasteiger partial charge in [-0.2, -0.15) is 0 Å². The molecule has 1 fully saturated rings. The molecule has 1 saturated heterocycles. The highest BCUT2D eigenvalue weighted by Gasteiger charge is 2.32. The van der Waals surface area contributed by atoms with Crippen molar-refractivity contribution in [2.24, 2.45) is 0 Å². The van der Waals surface area contributed by atoms with Gasteiger partial charge in [0.25, 0.3) is 0 Å². The summed E-state index contributed by atoms with van der Waals surface area (Å²) in [6, 6.07) is 0. The lowest BCUT2D eigenvalue weighted by Crippen LogP contribution is -2.45. The molecule has 5 nitrogen and oxygen atoms in total. The molecule has 2 heterocycles. The van der Waals surface area contributed by atoms with Crippen molar-refractivity contribution in [3.8, 4) is 5.88 Å². The zero-order valence-corrected chi connectivity index (χ0v) is 12.2. The number of nitrogens with one attached hydrogen (secondary N) is 1. The Hall–Kier alpha value is -1.07. The molecular formula is C13H20ClN3O2. The van der Waals surface area contributed by atoms with E-state index in [2.05, 4.69) is 15.3 Å². The number of aromatic nitrogens is 2. The summed E-state index contributed by atoms with van der Waals surface area (Å²) < 4.78 is 10.9. The number of hydrogen-bond acceptors (Lipinski definition) is 5. The van der Waals surface area contributed by atoms with Crippen LogP contribution in [0.25, 0.3) is 0 Å². The van der Waals surface area contributed by atoms with Gasteiger partial charge in [0, 0.05) is 19.1 Å². The Kier molecular flexibility index (Phi) is 4.82. The van der Waals surface area contributed by atoms with E-state index in [-0.39, 0.29) is 5.54 Å². The van der Waals surface area contributed by atoms with Gasteiger partial charge in [0.2, 0.25) is 5.88 Å². The first-order valence-corrected chi connectivity index (χ1v) is 7.10. The fourth-order valence-corrected chi connectivity index (χ4v) is 2.48. The largest absolute Gasteiger partial charge is 0.478 e. The van der Waals surface area contributed by atoms with Crippen molar-refractivity contribution in [1.82, 2.24) is 9.97 Å². The lowest BCUT2D eigenvalue weighted by molar-refractivity contribution is 0.0666. The third-order valence-electron chi connectivity index (χ3n) is 3.41.